The van der Waals surface area contributed by atoms with Crippen molar-refractivity contribution in [3.8, 4) is 0 Å². The highest BCUT2D eigenvalue weighted by Gasteiger charge is 2.11. The minimum atomic E-state index is 0.845. The van der Waals surface area contributed by atoms with Crippen molar-refractivity contribution in [3.05, 3.63) is 84.4 Å². The van der Waals surface area contributed by atoms with Gasteiger partial charge in [-0.15, -0.1) is 23.5 Å². The first-order valence-corrected chi connectivity index (χ1v) is 12.7. The predicted molar refractivity (Wildman–Crippen MR) is 136 cm³/mol. The third-order valence-corrected chi connectivity index (χ3v) is 6.41. The zero-order valence-electron chi connectivity index (χ0n) is 17.8. The number of benzene rings is 3. The molecule has 2 nitrogen and oxygen atoms in total. The van der Waals surface area contributed by atoms with Crippen LogP contribution in [0.4, 0.5) is 11.4 Å². The summed E-state index contributed by atoms with van der Waals surface area (Å²) < 4.78 is 0. The number of rotatable bonds is 9. The second-order valence-corrected chi connectivity index (χ2v) is 8.50. The minimum absolute atomic E-state index is 0.845. The Hall–Kier alpha value is -2.30. The van der Waals surface area contributed by atoms with Gasteiger partial charge in [-0.2, -0.15) is 0 Å². The van der Waals surface area contributed by atoms with E-state index in [-0.39, 0.29) is 0 Å². The monoisotopic (exact) mass is 432 g/mol. The number of nitrogens with zero attached hydrogens (tertiary/aromatic N) is 2. The fraction of sp³-hybridized carbons (Fsp3) is 0.231. The first-order chi connectivity index (χ1) is 14.7. The van der Waals surface area contributed by atoms with E-state index in [1.807, 2.05) is 0 Å². The van der Waals surface area contributed by atoms with Crippen molar-refractivity contribution >= 4 is 46.3 Å². The van der Waals surface area contributed by atoms with Gasteiger partial charge in [0.2, 0.25) is 0 Å². The van der Waals surface area contributed by atoms with E-state index in [0.717, 1.165) is 42.1 Å². The summed E-state index contributed by atoms with van der Waals surface area (Å²) in [5.74, 6) is 0. The zero-order chi connectivity index (χ0) is 21.2. The highest BCUT2D eigenvalue weighted by Crippen LogP contribution is 2.30. The maximum Gasteiger partial charge on any atom is 0.0769 e. The molecule has 30 heavy (non-hydrogen) atoms. The molecule has 0 aliphatic rings. The van der Waals surface area contributed by atoms with Crippen molar-refractivity contribution in [2.45, 2.75) is 36.0 Å². The normalized spacial score (nSPS) is 12.2. The first-order valence-electron chi connectivity index (χ1n) is 10.2. The fourth-order valence-corrected chi connectivity index (χ4v) is 4.33. The molecule has 0 aromatic heterocycles. The number of para-hydroxylation sites is 2. The molecular formula is C26H28N2S2. The van der Waals surface area contributed by atoms with E-state index >= 15 is 0 Å². The van der Waals surface area contributed by atoms with Crippen LogP contribution in [0, 0.1) is 0 Å². The summed E-state index contributed by atoms with van der Waals surface area (Å²) in [4.78, 5) is 12.6. The van der Waals surface area contributed by atoms with Gasteiger partial charge in [0.1, 0.15) is 0 Å². The Morgan fingerprint density at radius 3 is 1.70 bits per heavy atom. The number of aliphatic imine (C=N–C) groups is 2. The molecule has 0 unspecified atom stereocenters. The molecule has 3 aromatic rings. The van der Waals surface area contributed by atoms with Crippen LogP contribution >= 0.6 is 23.5 Å². The maximum atomic E-state index is 5.13. The van der Waals surface area contributed by atoms with E-state index in [1.54, 1.807) is 23.5 Å². The number of hydrogen-bond acceptors (Lipinski definition) is 4. The highest BCUT2D eigenvalue weighted by molar-refractivity contribution is 7.99. The molecule has 0 aliphatic heterocycles. The Labute approximate surface area is 189 Å². The topological polar surface area (TPSA) is 24.7 Å². The van der Waals surface area contributed by atoms with Gasteiger partial charge in [0.25, 0.3) is 0 Å². The van der Waals surface area contributed by atoms with Crippen LogP contribution in [0.1, 0.15) is 25.3 Å². The van der Waals surface area contributed by atoms with Gasteiger partial charge in [-0.3, -0.25) is 9.98 Å². The van der Waals surface area contributed by atoms with Gasteiger partial charge in [-0.05, 0) is 61.6 Å². The minimum Gasteiger partial charge on any atom is -0.250 e. The van der Waals surface area contributed by atoms with Crippen molar-refractivity contribution in [1.82, 2.24) is 0 Å². The van der Waals surface area contributed by atoms with Crippen molar-refractivity contribution in [2.24, 2.45) is 9.98 Å². The molecular weight excluding hydrogens is 404 g/mol. The van der Waals surface area contributed by atoms with E-state index in [1.165, 1.54) is 15.4 Å². The summed E-state index contributed by atoms with van der Waals surface area (Å²) in [7, 11) is 0. The lowest BCUT2D eigenvalue weighted by molar-refractivity contribution is 1.04. The van der Waals surface area contributed by atoms with E-state index in [2.05, 4.69) is 98.3 Å². The number of hydrogen-bond donors (Lipinski definition) is 0. The standard InChI is InChI=1S/C26H28N2S2/c1-4-21(27-23-14-8-10-16-25(23)29-2)22(19-18-20-12-6-5-7-13-20)28-24-15-9-11-17-26(24)30-3/h5-17H,4,18-19H2,1-3H3. The van der Waals surface area contributed by atoms with E-state index in [4.69, 9.17) is 9.98 Å². The summed E-state index contributed by atoms with van der Waals surface area (Å²) in [6, 6.07) is 27.3. The Morgan fingerprint density at radius 1 is 0.667 bits per heavy atom. The SMILES string of the molecule is CCC(=Nc1ccccc1SC)C(CCc1ccccc1)=Nc1ccccc1SC. The van der Waals surface area contributed by atoms with Gasteiger partial charge in [0, 0.05) is 9.79 Å². The summed E-state index contributed by atoms with van der Waals surface area (Å²) in [5.41, 5.74) is 5.49. The summed E-state index contributed by atoms with van der Waals surface area (Å²) >= 11 is 3.46. The Kier molecular flexibility index (Phi) is 8.79. The second-order valence-electron chi connectivity index (χ2n) is 6.80. The molecule has 0 atom stereocenters. The van der Waals surface area contributed by atoms with Crippen molar-refractivity contribution in [2.75, 3.05) is 12.5 Å². The molecule has 4 heteroatoms. The lowest BCUT2D eigenvalue weighted by atomic mass is 10.0. The van der Waals surface area contributed by atoms with Crippen LogP contribution in [0.2, 0.25) is 0 Å². The van der Waals surface area contributed by atoms with Crippen LogP contribution in [-0.2, 0) is 6.42 Å². The number of thioether (sulfide) groups is 2. The Balaban J connectivity index is 2.02. The summed E-state index contributed by atoms with van der Waals surface area (Å²) in [6.07, 6.45) is 6.85. The number of aryl methyl sites for hydroxylation is 1. The molecule has 3 aromatic carbocycles. The molecule has 0 saturated heterocycles. The van der Waals surface area contributed by atoms with Crippen LogP contribution < -0.4 is 0 Å². The maximum absolute atomic E-state index is 5.13. The van der Waals surface area contributed by atoms with Gasteiger partial charge in [-0.1, -0.05) is 61.5 Å². The molecule has 0 radical (unpaired) electrons. The van der Waals surface area contributed by atoms with Gasteiger partial charge in [0.15, 0.2) is 0 Å². The van der Waals surface area contributed by atoms with Gasteiger partial charge in [-0.25, -0.2) is 0 Å². The molecule has 0 saturated carbocycles. The van der Waals surface area contributed by atoms with E-state index < -0.39 is 0 Å². The van der Waals surface area contributed by atoms with E-state index in [0.29, 0.717) is 0 Å². The molecule has 154 valence electrons. The molecule has 0 spiro atoms. The van der Waals surface area contributed by atoms with Gasteiger partial charge < -0.3 is 0 Å². The Morgan fingerprint density at radius 2 is 1.17 bits per heavy atom. The molecule has 0 N–H and O–H groups in total. The average Bonchev–Trinajstić information content (AvgIpc) is 2.81. The third kappa shape index (κ3) is 6.10. The molecule has 0 heterocycles. The highest BCUT2D eigenvalue weighted by atomic mass is 32.2. The summed E-state index contributed by atoms with van der Waals surface area (Å²) in [5, 5.41) is 0. The van der Waals surface area contributed by atoms with Gasteiger partial charge in [0.05, 0.1) is 22.8 Å². The molecule has 3 rings (SSSR count). The van der Waals surface area contributed by atoms with E-state index in [9.17, 15) is 0 Å². The predicted octanol–water partition coefficient (Wildman–Crippen LogP) is 8.02. The third-order valence-electron chi connectivity index (χ3n) is 4.84. The van der Waals surface area contributed by atoms with Crippen LogP contribution in [0.3, 0.4) is 0 Å². The molecule has 0 fully saturated rings. The largest absolute Gasteiger partial charge is 0.250 e. The lowest BCUT2D eigenvalue weighted by Crippen LogP contribution is -2.14. The molecule has 0 aliphatic carbocycles. The fourth-order valence-electron chi connectivity index (χ4n) is 3.25. The van der Waals surface area contributed by atoms with Gasteiger partial charge >= 0.3 is 0 Å². The van der Waals surface area contributed by atoms with Crippen LogP contribution in [0.25, 0.3) is 0 Å². The second kappa shape index (κ2) is 11.8. The van der Waals surface area contributed by atoms with Crippen molar-refractivity contribution in [1.29, 1.82) is 0 Å². The summed E-state index contributed by atoms with van der Waals surface area (Å²) in [6.45, 7) is 2.17. The molecule has 0 amide bonds. The average molecular weight is 433 g/mol. The van der Waals surface area contributed by atoms with Crippen LogP contribution in [0.5, 0.6) is 0 Å². The zero-order valence-corrected chi connectivity index (χ0v) is 19.5. The first kappa shape index (κ1) is 22.4. The quantitative estimate of drug-likeness (QED) is 0.252. The van der Waals surface area contributed by atoms with Crippen LogP contribution in [0.15, 0.2) is 98.6 Å². The van der Waals surface area contributed by atoms with Crippen molar-refractivity contribution in [3.63, 3.8) is 0 Å². The molecule has 0 bridgehead atoms. The Bertz CT molecular complexity index is 1010. The van der Waals surface area contributed by atoms with Crippen molar-refractivity contribution < 1.29 is 0 Å². The lowest BCUT2D eigenvalue weighted by Gasteiger charge is -2.12. The van der Waals surface area contributed by atoms with Crippen LogP contribution in [-0.4, -0.2) is 23.9 Å². The smallest absolute Gasteiger partial charge is 0.0769 e.